The highest BCUT2D eigenvalue weighted by Crippen LogP contribution is 2.22. The van der Waals surface area contributed by atoms with Crippen LogP contribution in [0, 0.1) is 0 Å². The fourth-order valence-corrected chi connectivity index (χ4v) is 2.14. The quantitative estimate of drug-likeness (QED) is 0.807. The highest BCUT2D eigenvalue weighted by atomic mass is 16.5. The van der Waals surface area contributed by atoms with Crippen LogP contribution in [0.15, 0.2) is 41.0 Å². The van der Waals surface area contributed by atoms with Crippen LogP contribution < -0.4 is 14.8 Å². The van der Waals surface area contributed by atoms with Crippen LogP contribution in [0.5, 0.6) is 11.5 Å². The Hall–Kier alpha value is -1.94. The number of nitrogens with one attached hydrogen (secondary N) is 1. The van der Waals surface area contributed by atoms with E-state index in [9.17, 15) is 0 Å². The monoisotopic (exact) mass is 287 g/mol. The van der Waals surface area contributed by atoms with Crippen LogP contribution in [0.4, 0.5) is 0 Å². The second kappa shape index (κ2) is 6.68. The number of hydrogen-bond donors (Lipinski definition) is 1. The van der Waals surface area contributed by atoms with Gasteiger partial charge >= 0.3 is 0 Å². The Labute approximate surface area is 125 Å². The average molecular weight is 287 g/mol. The van der Waals surface area contributed by atoms with Crippen molar-refractivity contribution in [2.45, 2.75) is 39.0 Å². The van der Waals surface area contributed by atoms with Gasteiger partial charge in [-0.3, -0.25) is 0 Å². The summed E-state index contributed by atoms with van der Waals surface area (Å²) in [5, 5.41) is 3.49. The van der Waals surface area contributed by atoms with Crippen LogP contribution in [0.2, 0.25) is 0 Å². The van der Waals surface area contributed by atoms with Gasteiger partial charge in [0, 0.05) is 18.2 Å². The molecule has 0 radical (unpaired) electrons. The van der Waals surface area contributed by atoms with Gasteiger partial charge < -0.3 is 19.2 Å². The lowest BCUT2D eigenvalue weighted by Crippen LogP contribution is -2.16. The van der Waals surface area contributed by atoms with Crippen LogP contribution in [0.25, 0.3) is 0 Å². The van der Waals surface area contributed by atoms with Crippen LogP contribution in [-0.2, 0) is 13.2 Å². The molecule has 112 valence electrons. The largest absolute Gasteiger partial charge is 0.494 e. The van der Waals surface area contributed by atoms with E-state index in [1.165, 1.54) is 18.4 Å². The summed E-state index contributed by atoms with van der Waals surface area (Å²) < 4.78 is 16.7. The van der Waals surface area contributed by atoms with Crippen molar-refractivity contribution >= 4 is 0 Å². The predicted molar refractivity (Wildman–Crippen MR) is 80.5 cm³/mol. The van der Waals surface area contributed by atoms with Crippen molar-refractivity contribution < 1.29 is 13.9 Å². The molecule has 1 heterocycles. The zero-order valence-electron chi connectivity index (χ0n) is 12.3. The number of furan rings is 1. The van der Waals surface area contributed by atoms with E-state index in [4.69, 9.17) is 13.9 Å². The van der Waals surface area contributed by atoms with E-state index in [2.05, 4.69) is 5.32 Å². The average Bonchev–Trinajstić information content (AvgIpc) is 3.23. The second-order valence-corrected chi connectivity index (χ2v) is 5.22. The van der Waals surface area contributed by atoms with Crippen LogP contribution in [0.1, 0.15) is 31.1 Å². The summed E-state index contributed by atoms with van der Waals surface area (Å²) in [6, 6.07) is 10.4. The van der Waals surface area contributed by atoms with E-state index in [1.54, 1.807) is 6.26 Å². The third-order valence-electron chi connectivity index (χ3n) is 3.50. The van der Waals surface area contributed by atoms with E-state index < -0.39 is 0 Å². The van der Waals surface area contributed by atoms with Crippen molar-refractivity contribution in [3.05, 3.63) is 47.9 Å². The van der Waals surface area contributed by atoms with Crippen molar-refractivity contribution in [3.63, 3.8) is 0 Å². The first-order valence-corrected chi connectivity index (χ1v) is 7.49. The van der Waals surface area contributed by atoms with Crippen LogP contribution in [0.3, 0.4) is 0 Å². The molecule has 0 saturated heterocycles. The van der Waals surface area contributed by atoms with Gasteiger partial charge in [-0.1, -0.05) is 0 Å². The Bertz CT molecular complexity index is 558. The summed E-state index contributed by atoms with van der Waals surface area (Å²) in [6.07, 6.45) is 4.30. The molecule has 0 unspecified atom stereocenters. The highest BCUT2D eigenvalue weighted by molar-refractivity contribution is 5.31. The molecule has 1 aromatic carbocycles. The molecular weight excluding hydrogens is 266 g/mol. The molecule has 1 aliphatic carbocycles. The van der Waals surface area contributed by atoms with E-state index in [1.807, 2.05) is 37.3 Å². The summed E-state index contributed by atoms with van der Waals surface area (Å²) in [5.41, 5.74) is 1.17. The molecule has 1 aliphatic rings. The topological polar surface area (TPSA) is 43.6 Å². The highest BCUT2D eigenvalue weighted by Gasteiger charge is 2.20. The standard InChI is InChI=1S/C17H21NO3/c1-2-19-15-5-7-16(8-6-15)21-12-17-13(9-10-20-17)11-18-14-3-4-14/h5-10,14,18H,2-4,11-12H2,1H3. The van der Waals surface area contributed by atoms with Gasteiger partial charge in [0.25, 0.3) is 0 Å². The van der Waals surface area contributed by atoms with Gasteiger partial charge in [-0.2, -0.15) is 0 Å². The molecule has 0 bridgehead atoms. The van der Waals surface area contributed by atoms with Crippen LogP contribution >= 0.6 is 0 Å². The molecule has 1 saturated carbocycles. The summed E-state index contributed by atoms with van der Waals surface area (Å²) in [6.45, 7) is 3.94. The van der Waals surface area contributed by atoms with Gasteiger partial charge in [0.15, 0.2) is 0 Å². The minimum atomic E-state index is 0.447. The van der Waals surface area contributed by atoms with Crippen molar-refractivity contribution in [3.8, 4) is 11.5 Å². The summed E-state index contributed by atoms with van der Waals surface area (Å²) >= 11 is 0. The molecule has 4 nitrogen and oxygen atoms in total. The van der Waals surface area contributed by atoms with Crippen molar-refractivity contribution in [1.29, 1.82) is 0 Å². The molecule has 0 spiro atoms. The minimum absolute atomic E-state index is 0.447. The third-order valence-corrected chi connectivity index (χ3v) is 3.50. The van der Waals surface area contributed by atoms with Gasteiger partial charge in [-0.25, -0.2) is 0 Å². The number of benzene rings is 1. The Kier molecular flexibility index (Phi) is 4.46. The van der Waals surface area contributed by atoms with Gasteiger partial charge in [-0.15, -0.1) is 0 Å². The van der Waals surface area contributed by atoms with Crippen molar-refractivity contribution in [2.75, 3.05) is 6.61 Å². The van der Waals surface area contributed by atoms with Crippen LogP contribution in [-0.4, -0.2) is 12.6 Å². The first-order valence-electron chi connectivity index (χ1n) is 7.49. The zero-order valence-corrected chi connectivity index (χ0v) is 12.3. The smallest absolute Gasteiger partial charge is 0.146 e. The molecule has 1 fully saturated rings. The first kappa shape index (κ1) is 14.0. The Morgan fingerprint density at radius 1 is 1.10 bits per heavy atom. The molecule has 3 rings (SSSR count). The van der Waals surface area contributed by atoms with Crippen molar-refractivity contribution in [2.24, 2.45) is 0 Å². The lowest BCUT2D eigenvalue weighted by molar-refractivity contribution is 0.267. The number of hydrogen-bond acceptors (Lipinski definition) is 4. The predicted octanol–water partition coefficient (Wildman–Crippen LogP) is 3.51. The molecule has 1 N–H and O–H groups in total. The fourth-order valence-electron chi connectivity index (χ4n) is 2.14. The maximum Gasteiger partial charge on any atom is 0.146 e. The molecule has 21 heavy (non-hydrogen) atoms. The first-order chi connectivity index (χ1) is 10.3. The number of rotatable bonds is 8. The van der Waals surface area contributed by atoms with Gasteiger partial charge in [-0.05, 0) is 50.1 Å². The summed E-state index contributed by atoms with van der Waals surface area (Å²) in [7, 11) is 0. The second-order valence-electron chi connectivity index (χ2n) is 5.22. The van der Waals surface area contributed by atoms with E-state index in [0.717, 1.165) is 23.8 Å². The Morgan fingerprint density at radius 2 is 1.81 bits per heavy atom. The maximum atomic E-state index is 5.77. The van der Waals surface area contributed by atoms with Gasteiger partial charge in [0.1, 0.15) is 23.9 Å². The summed E-state index contributed by atoms with van der Waals surface area (Å²) in [5.74, 6) is 2.56. The van der Waals surface area contributed by atoms with E-state index in [-0.39, 0.29) is 0 Å². The molecule has 2 aromatic rings. The van der Waals surface area contributed by atoms with E-state index in [0.29, 0.717) is 19.3 Å². The maximum absolute atomic E-state index is 5.77. The fraction of sp³-hybridized carbons (Fsp3) is 0.412. The molecule has 1 aromatic heterocycles. The zero-order chi connectivity index (χ0) is 14.5. The van der Waals surface area contributed by atoms with Gasteiger partial charge in [0.2, 0.25) is 0 Å². The molecule has 0 amide bonds. The molecular formula is C17H21NO3. The lowest BCUT2D eigenvalue weighted by Gasteiger charge is -2.08. The molecule has 0 aliphatic heterocycles. The SMILES string of the molecule is CCOc1ccc(OCc2occc2CNC2CC2)cc1. The Balaban J connectivity index is 1.53. The normalized spacial score (nSPS) is 14.1. The Morgan fingerprint density at radius 3 is 2.48 bits per heavy atom. The van der Waals surface area contributed by atoms with Crippen molar-refractivity contribution in [1.82, 2.24) is 5.32 Å². The lowest BCUT2D eigenvalue weighted by atomic mass is 10.2. The molecule has 0 atom stereocenters. The number of ether oxygens (including phenoxy) is 2. The van der Waals surface area contributed by atoms with Gasteiger partial charge in [0.05, 0.1) is 12.9 Å². The third kappa shape index (κ3) is 4.02. The minimum Gasteiger partial charge on any atom is -0.494 e. The summed E-state index contributed by atoms with van der Waals surface area (Å²) in [4.78, 5) is 0. The molecule has 4 heteroatoms. The van der Waals surface area contributed by atoms with E-state index >= 15 is 0 Å².